The van der Waals surface area contributed by atoms with Crippen molar-refractivity contribution in [1.82, 2.24) is 5.32 Å². The molecule has 0 aromatic carbocycles. The minimum absolute atomic E-state index is 0.235. The Hall–Kier alpha value is -0.770. The molecule has 0 bridgehead atoms. The number of methoxy groups -OCH3 is 1. The number of hydrogen-bond donors (Lipinski definition) is 2. The summed E-state index contributed by atoms with van der Waals surface area (Å²) in [7, 11) is 1.51. The Morgan fingerprint density at radius 1 is 1.85 bits per heavy atom. The zero-order chi connectivity index (χ0) is 10.1. The molecule has 0 aliphatic carbocycles. The van der Waals surface area contributed by atoms with Crippen molar-refractivity contribution in [1.29, 1.82) is 5.26 Å². The average Bonchev–Trinajstić information content (AvgIpc) is 2.12. The minimum atomic E-state index is -0.618. The van der Waals surface area contributed by atoms with Crippen molar-refractivity contribution in [3.8, 4) is 6.19 Å². The zero-order valence-electron chi connectivity index (χ0n) is 7.65. The van der Waals surface area contributed by atoms with Gasteiger partial charge in [-0.3, -0.25) is 10.3 Å². The van der Waals surface area contributed by atoms with Gasteiger partial charge in [-0.15, -0.1) is 0 Å². The summed E-state index contributed by atoms with van der Waals surface area (Å²) in [4.78, 5) is 3.97. The van der Waals surface area contributed by atoms with Crippen LogP contribution >= 0.6 is 11.8 Å². The summed E-state index contributed by atoms with van der Waals surface area (Å²) in [6.07, 6.45) is 2.94. The van der Waals surface area contributed by atoms with Crippen molar-refractivity contribution in [3.63, 3.8) is 0 Å². The molecule has 0 aromatic heterocycles. The van der Waals surface area contributed by atoms with Crippen LogP contribution in [0, 0.1) is 11.5 Å². The second-order valence-corrected chi connectivity index (χ2v) is 2.99. The number of amidine groups is 1. The van der Waals surface area contributed by atoms with E-state index in [0.29, 0.717) is 5.17 Å². The third kappa shape index (κ3) is 6.40. The third-order valence-corrected chi connectivity index (χ3v) is 1.78. The molecule has 1 atom stereocenters. The van der Waals surface area contributed by atoms with E-state index in [4.69, 9.17) is 10.00 Å². The largest absolute Gasteiger partial charge is 0.389 e. The first-order chi connectivity index (χ1) is 6.24. The maximum atomic E-state index is 9.21. The molecule has 74 valence electrons. The number of aliphatic hydroxyl groups is 1. The lowest BCUT2D eigenvalue weighted by Gasteiger charge is -2.06. The van der Waals surface area contributed by atoms with Gasteiger partial charge in [-0.25, -0.2) is 0 Å². The number of ether oxygens (including phenoxy) is 1. The Labute approximate surface area is 81.8 Å². The van der Waals surface area contributed by atoms with Gasteiger partial charge in [0.25, 0.3) is 0 Å². The van der Waals surface area contributed by atoms with Gasteiger partial charge >= 0.3 is 0 Å². The van der Waals surface area contributed by atoms with Gasteiger partial charge < -0.3 is 9.84 Å². The van der Waals surface area contributed by atoms with Crippen molar-refractivity contribution in [3.05, 3.63) is 0 Å². The van der Waals surface area contributed by atoms with E-state index in [2.05, 4.69) is 10.3 Å². The quantitative estimate of drug-likeness (QED) is 0.286. The van der Waals surface area contributed by atoms with Crippen LogP contribution in [0.15, 0.2) is 4.99 Å². The highest BCUT2D eigenvalue weighted by molar-refractivity contribution is 8.13. The van der Waals surface area contributed by atoms with Crippen LogP contribution in [0.25, 0.3) is 0 Å². The van der Waals surface area contributed by atoms with Crippen LogP contribution in [0.1, 0.15) is 0 Å². The summed E-state index contributed by atoms with van der Waals surface area (Å²) in [6, 6.07) is 0. The number of hydrogen-bond acceptors (Lipinski definition) is 5. The molecule has 5 nitrogen and oxygen atoms in total. The van der Waals surface area contributed by atoms with Gasteiger partial charge in [0.15, 0.2) is 11.4 Å². The SMILES string of the molecule is COCC(O)CN=C(NC#N)SC. The second kappa shape index (κ2) is 7.86. The molecule has 0 aromatic rings. The summed E-state index contributed by atoms with van der Waals surface area (Å²) in [5.41, 5.74) is 0. The molecule has 1 unspecified atom stereocenters. The fourth-order valence-corrected chi connectivity index (χ4v) is 0.988. The van der Waals surface area contributed by atoms with Crippen molar-refractivity contribution < 1.29 is 9.84 Å². The summed E-state index contributed by atoms with van der Waals surface area (Å²) in [6.45, 7) is 0.483. The predicted molar refractivity (Wildman–Crippen MR) is 52.4 cm³/mol. The standard InChI is InChI=1S/C7H13N3O2S/c1-12-4-6(11)3-9-7(13-2)10-5-8/h6,11H,3-4H2,1-2H3,(H,9,10). The van der Waals surface area contributed by atoms with Crippen molar-refractivity contribution in [2.75, 3.05) is 26.5 Å². The summed E-state index contributed by atoms with van der Waals surface area (Å²) in [5.74, 6) is 0. The molecule has 0 amide bonds. The van der Waals surface area contributed by atoms with Gasteiger partial charge in [0.1, 0.15) is 0 Å². The Bertz CT molecular complexity index is 202. The van der Waals surface area contributed by atoms with Crippen molar-refractivity contribution in [2.24, 2.45) is 4.99 Å². The number of aliphatic hydroxyl groups excluding tert-OH is 1. The van der Waals surface area contributed by atoms with E-state index < -0.39 is 6.10 Å². The zero-order valence-corrected chi connectivity index (χ0v) is 8.47. The van der Waals surface area contributed by atoms with Gasteiger partial charge in [-0.1, -0.05) is 11.8 Å². The summed E-state index contributed by atoms with van der Waals surface area (Å²) >= 11 is 1.32. The Morgan fingerprint density at radius 3 is 3.00 bits per heavy atom. The third-order valence-electron chi connectivity index (χ3n) is 1.16. The smallest absolute Gasteiger partial charge is 0.183 e. The molecular formula is C7H13N3O2S. The molecule has 0 radical (unpaired) electrons. The van der Waals surface area contributed by atoms with E-state index in [0.717, 1.165) is 0 Å². The highest BCUT2D eigenvalue weighted by Crippen LogP contribution is 1.95. The summed E-state index contributed by atoms with van der Waals surface area (Å²) < 4.78 is 4.72. The second-order valence-electron chi connectivity index (χ2n) is 2.20. The monoisotopic (exact) mass is 203 g/mol. The number of aliphatic imine (C=N–C) groups is 1. The molecule has 0 aliphatic heterocycles. The number of nitrogens with zero attached hydrogens (tertiary/aromatic N) is 2. The molecule has 0 heterocycles. The van der Waals surface area contributed by atoms with E-state index in [9.17, 15) is 5.11 Å². The van der Waals surface area contributed by atoms with Gasteiger partial charge in [-0.05, 0) is 6.26 Å². The maximum Gasteiger partial charge on any atom is 0.183 e. The van der Waals surface area contributed by atoms with Crippen LogP contribution in [0.4, 0.5) is 0 Å². The van der Waals surface area contributed by atoms with Gasteiger partial charge in [-0.2, -0.15) is 5.26 Å². The first kappa shape index (κ1) is 12.2. The van der Waals surface area contributed by atoms with Crippen molar-refractivity contribution >= 4 is 16.9 Å². The van der Waals surface area contributed by atoms with E-state index in [1.165, 1.54) is 18.9 Å². The molecule has 0 rings (SSSR count). The lowest BCUT2D eigenvalue weighted by Crippen LogP contribution is -2.21. The van der Waals surface area contributed by atoms with Crippen LogP contribution in [0.5, 0.6) is 0 Å². The number of thioether (sulfide) groups is 1. The molecule has 0 fully saturated rings. The predicted octanol–water partition coefficient (Wildman–Crippen LogP) is -0.217. The molecule has 0 saturated heterocycles. The maximum absolute atomic E-state index is 9.21. The topological polar surface area (TPSA) is 77.6 Å². The van der Waals surface area contributed by atoms with Gasteiger partial charge in [0, 0.05) is 7.11 Å². The Balaban J connectivity index is 3.85. The lowest BCUT2D eigenvalue weighted by molar-refractivity contribution is 0.0705. The Morgan fingerprint density at radius 2 is 2.54 bits per heavy atom. The van der Waals surface area contributed by atoms with Crippen LogP contribution in [0.2, 0.25) is 0 Å². The molecule has 2 N–H and O–H groups in total. The first-order valence-electron chi connectivity index (χ1n) is 3.65. The van der Waals surface area contributed by atoms with Crippen LogP contribution < -0.4 is 5.32 Å². The van der Waals surface area contributed by atoms with Gasteiger partial charge in [0.2, 0.25) is 0 Å². The molecule has 13 heavy (non-hydrogen) atoms. The summed E-state index contributed by atoms with van der Waals surface area (Å²) in [5, 5.41) is 20.4. The molecular weight excluding hydrogens is 190 g/mol. The van der Waals surface area contributed by atoms with Crippen molar-refractivity contribution in [2.45, 2.75) is 6.10 Å². The number of nitriles is 1. The van der Waals surface area contributed by atoms with E-state index >= 15 is 0 Å². The molecule has 0 aliphatic rings. The number of nitrogens with one attached hydrogen (secondary N) is 1. The highest BCUT2D eigenvalue weighted by Gasteiger charge is 2.02. The lowest BCUT2D eigenvalue weighted by atomic mass is 10.4. The Kier molecular flexibility index (Phi) is 7.39. The normalized spacial score (nSPS) is 13.5. The average molecular weight is 203 g/mol. The fourth-order valence-electron chi connectivity index (χ4n) is 0.636. The van der Waals surface area contributed by atoms with Crippen LogP contribution in [-0.4, -0.2) is 42.9 Å². The minimum Gasteiger partial charge on any atom is -0.389 e. The van der Waals surface area contributed by atoms with E-state index in [1.807, 2.05) is 0 Å². The first-order valence-corrected chi connectivity index (χ1v) is 4.87. The van der Waals surface area contributed by atoms with E-state index in [-0.39, 0.29) is 13.2 Å². The van der Waals surface area contributed by atoms with Gasteiger partial charge in [0.05, 0.1) is 19.3 Å². The molecule has 6 heteroatoms. The molecule has 0 spiro atoms. The van der Waals surface area contributed by atoms with E-state index in [1.54, 1.807) is 12.4 Å². The van der Waals surface area contributed by atoms with Crippen LogP contribution in [0.3, 0.4) is 0 Å². The van der Waals surface area contributed by atoms with Crippen LogP contribution in [-0.2, 0) is 4.74 Å². The number of rotatable bonds is 4. The highest BCUT2D eigenvalue weighted by atomic mass is 32.2. The molecule has 0 saturated carbocycles. The fraction of sp³-hybridized carbons (Fsp3) is 0.714.